The minimum absolute atomic E-state index is 0.160. The first-order valence-corrected chi connectivity index (χ1v) is 6.01. The standard InChI is InChI=1S/C11H10Cl2N4O/c1-2-17-6-7(12)5-8(17)10(18)16-11-14-4-3-9(13)15-11/h3-6H,2H2,1H3,(H,14,15,16,18). The van der Waals surface area contributed by atoms with E-state index in [-0.39, 0.29) is 17.0 Å². The molecule has 0 radical (unpaired) electrons. The van der Waals surface area contributed by atoms with E-state index in [0.717, 1.165) is 0 Å². The van der Waals surface area contributed by atoms with Gasteiger partial charge in [-0.2, -0.15) is 0 Å². The number of amides is 1. The molecule has 0 aliphatic rings. The molecule has 2 rings (SSSR count). The Balaban J connectivity index is 2.21. The van der Waals surface area contributed by atoms with Gasteiger partial charge in [-0.3, -0.25) is 10.1 Å². The van der Waals surface area contributed by atoms with Gasteiger partial charge in [0.25, 0.3) is 5.91 Å². The van der Waals surface area contributed by atoms with Crippen molar-refractivity contribution in [1.82, 2.24) is 14.5 Å². The summed E-state index contributed by atoms with van der Waals surface area (Å²) in [5.41, 5.74) is 0.450. The third-order valence-electron chi connectivity index (χ3n) is 2.28. The van der Waals surface area contributed by atoms with Crippen LogP contribution in [0.25, 0.3) is 0 Å². The van der Waals surface area contributed by atoms with Crippen LogP contribution >= 0.6 is 23.2 Å². The van der Waals surface area contributed by atoms with Crippen LogP contribution < -0.4 is 5.32 Å². The zero-order valence-corrected chi connectivity index (χ0v) is 11.0. The predicted octanol–water partition coefficient (Wildman–Crippen LogP) is 2.86. The highest BCUT2D eigenvalue weighted by molar-refractivity contribution is 6.31. The van der Waals surface area contributed by atoms with E-state index < -0.39 is 0 Å². The first-order chi connectivity index (χ1) is 8.60. The monoisotopic (exact) mass is 284 g/mol. The Labute approximate surface area is 114 Å². The van der Waals surface area contributed by atoms with E-state index in [9.17, 15) is 4.79 Å². The molecule has 0 spiro atoms. The molecule has 0 fully saturated rings. The van der Waals surface area contributed by atoms with Crippen LogP contribution in [0.2, 0.25) is 10.2 Å². The summed E-state index contributed by atoms with van der Waals surface area (Å²) < 4.78 is 1.74. The molecule has 0 aromatic carbocycles. The molecule has 2 aromatic heterocycles. The fourth-order valence-corrected chi connectivity index (χ4v) is 1.85. The van der Waals surface area contributed by atoms with Crippen molar-refractivity contribution < 1.29 is 4.79 Å². The average Bonchev–Trinajstić information content (AvgIpc) is 2.70. The molecule has 0 bridgehead atoms. The largest absolute Gasteiger partial charge is 0.342 e. The number of aryl methyl sites for hydroxylation is 1. The minimum Gasteiger partial charge on any atom is -0.342 e. The number of carbonyl (C=O) groups is 1. The summed E-state index contributed by atoms with van der Waals surface area (Å²) in [6, 6.07) is 3.12. The van der Waals surface area contributed by atoms with E-state index >= 15 is 0 Å². The van der Waals surface area contributed by atoms with Gasteiger partial charge in [-0.25, -0.2) is 9.97 Å². The highest BCUT2D eigenvalue weighted by Gasteiger charge is 2.13. The quantitative estimate of drug-likeness (QED) is 0.882. The molecule has 18 heavy (non-hydrogen) atoms. The maximum atomic E-state index is 12.0. The van der Waals surface area contributed by atoms with Crippen LogP contribution in [0.5, 0.6) is 0 Å². The first kappa shape index (κ1) is 12.9. The van der Waals surface area contributed by atoms with Crippen molar-refractivity contribution in [2.75, 3.05) is 5.32 Å². The SMILES string of the molecule is CCn1cc(Cl)cc1C(=O)Nc1nccc(Cl)n1. The van der Waals surface area contributed by atoms with Crippen LogP contribution in [0.3, 0.4) is 0 Å². The lowest BCUT2D eigenvalue weighted by Crippen LogP contribution is -2.17. The van der Waals surface area contributed by atoms with Gasteiger partial charge in [-0.15, -0.1) is 0 Å². The summed E-state index contributed by atoms with van der Waals surface area (Å²) in [6.07, 6.45) is 3.16. The van der Waals surface area contributed by atoms with E-state index in [1.165, 1.54) is 12.3 Å². The van der Waals surface area contributed by atoms with Gasteiger partial charge in [-0.05, 0) is 19.1 Å². The summed E-state index contributed by atoms with van der Waals surface area (Å²) >= 11 is 11.6. The minimum atomic E-state index is -0.328. The van der Waals surface area contributed by atoms with Crippen molar-refractivity contribution in [1.29, 1.82) is 0 Å². The topological polar surface area (TPSA) is 59.8 Å². The molecular weight excluding hydrogens is 275 g/mol. The Hall–Kier alpha value is -1.59. The van der Waals surface area contributed by atoms with Crippen LogP contribution in [0.4, 0.5) is 5.95 Å². The molecule has 2 heterocycles. The highest BCUT2D eigenvalue weighted by Crippen LogP contribution is 2.15. The molecule has 1 amide bonds. The zero-order valence-electron chi connectivity index (χ0n) is 9.52. The maximum Gasteiger partial charge on any atom is 0.274 e. The Morgan fingerprint density at radius 2 is 2.28 bits per heavy atom. The Bertz CT molecular complexity index is 582. The molecule has 7 heteroatoms. The second-order valence-corrected chi connectivity index (χ2v) is 4.31. The van der Waals surface area contributed by atoms with Gasteiger partial charge in [0.2, 0.25) is 5.95 Å². The van der Waals surface area contributed by atoms with Gasteiger partial charge in [0.1, 0.15) is 10.8 Å². The van der Waals surface area contributed by atoms with Crippen molar-refractivity contribution in [2.45, 2.75) is 13.5 Å². The lowest BCUT2D eigenvalue weighted by atomic mass is 10.4. The number of nitrogens with zero attached hydrogens (tertiary/aromatic N) is 3. The Morgan fingerprint density at radius 3 is 2.94 bits per heavy atom. The molecule has 0 aliphatic heterocycles. The van der Waals surface area contributed by atoms with Crippen LogP contribution in [0.15, 0.2) is 24.5 Å². The predicted molar refractivity (Wildman–Crippen MR) is 70.1 cm³/mol. The lowest BCUT2D eigenvalue weighted by Gasteiger charge is -2.06. The van der Waals surface area contributed by atoms with E-state index in [0.29, 0.717) is 17.3 Å². The van der Waals surface area contributed by atoms with Gasteiger partial charge in [0.05, 0.1) is 5.02 Å². The number of nitrogens with one attached hydrogen (secondary N) is 1. The molecule has 0 atom stereocenters. The summed E-state index contributed by atoms with van der Waals surface area (Å²) in [5, 5.41) is 3.34. The lowest BCUT2D eigenvalue weighted by molar-refractivity contribution is 0.101. The molecule has 0 saturated carbocycles. The van der Waals surface area contributed by atoms with Gasteiger partial charge >= 0.3 is 0 Å². The summed E-state index contributed by atoms with van der Waals surface area (Å²) in [7, 11) is 0. The summed E-state index contributed by atoms with van der Waals surface area (Å²) in [4.78, 5) is 19.8. The first-order valence-electron chi connectivity index (χ1n) is 5.25. The maximum absolute atomic E-state index is 12.0. The number of hydrogen-bond donors (Lipinski definition) is 1. The van der Waals surface area contributed by atoms with E-state index in [2.05, 4.69) is 15.3 Å². The number of anilines is 1. The molecule has 2 aromatic rings. The fraction of sp³-hybridized carbons (Fsp3) is 0.182. The van der Waals surface area contributed by atoms with Crippen molar-refractivity contribution in [3.8, 4) is 0 Å². The van der Waals surface area contributed by atoms with Crippen LogP contribution in [-0.2, 0) is 6.54 Å². The average molecular weight is 285 g/mol. The molecule has 94 valence electrons. The van der Waals surface area contributed by atoms with Gasteiger partial charge in [0.15, 0.2) is 0 Å². The van der Waals surface area contributed by atoms with Crippen molar-refractivity contribution in [2.24, 2.45) is 0 Å². The number of rotatable bonds is 3. The van der Waals surface area contributed by atoms with E-state index in [1.54, 1.807) is 16.8 Å². The van der Waals surface area contributed by atoms with Crippen LogP contribution in [0.1, 0.15) is 17.4 Å². The van der Waals surface area contributed by atoms with Crippen molar-refractivity contribution in [3.05, 3.63) is 40.4 Å². The zero-order chi connectivity index (χ0) is 13.1. The number of halogens is 2. The highest BCUT2D eigenvalue weighted by atomic mass is 35.5. The Kier molecular flexibility index (Phi) is 3.84. The van der Waals surface area contributed by atoms with Crippen molar-refractivity contribution in [3.63, 3.8) is 0 Å². The Morgan fingerprint density at radius 1 is 1.50 bits per heavy atom. The second kappa shape index (κ2) is 5.37. The smallest absolute Gasteiger partial charge is 0.274 e. The van der Waals surface area contributed by atoms with Gasteiger partial charge in [-0.1, -0.05) is 23.2 Å². The van der Waals surface area contributed by atoms with Gasteiger partial charge in [0, 0.05) is 18.9 Å². The second-order valence-electron chi connectivity index (χ2n) is 3.49. The third kappa shape index (κ3) is 2.80. The van der Waals surface area contributed by atoms with Crippen LogP contribution in [-0.4, -0.2) is 20.4 Å². The third-order valence-corrected chi connectivity index (χ3v) is 2.70. The molecule has 0 unspecified atom stereocenters. The number of hydrogen-bond acceptors (Lipinski definition) is 3. The van der Waals surface area contributed by atoms with Crippen molar-refractivity contribution >= 4 is 35.1 Å². The number of carbonyl (C=O) groups excluding carboxylic acids is 1. The van der Waals surface area contributed by atoms with E-state index in [1.807, 2.05) is 6.92 Å². The molecular formula is C11H10Cl2N4O. The summed E-state index contributed by atoms with van der Waals surface area (Å²) in [6.45, 7) is 2.56. The fourth-order valence-electron chi connectivity index (χ4n) is 1.49. The molecule has 1 N–H and O–H groups in total. The normalized spacial score (nSPS) is 10.4. The molecule has 0 aliphatic carbocycles. The summed E-state index contributed by atoms with van der Waals surface area (Å²) in [5.74, 6) is -0.168. The number of aromatic nitrogens is 3. The molecule has 5 nitrogen and oxygen atoms in total. The van der Waals surface area contributed by atoms with Gasteiger partial charge < -0.3 is 4.57 Å². The van der Waals surface area contributed by atoms with Crippen LogP contribution in [0, 0.1) is 0 Å². The van der Waals surface area contributed by atoms with E-state index in [4.69, 9.17) is 23.2 Å². The molecule has 0 saturated heterocycles.